The van der Waals surface area contributed by atoms with Crippen LogP contribution in [0.5, 0.6) is 0 Å². The van der Waals surface area contributed by atoms with E-state index in [0.717, 1.165) is 17.8 Å². The monoisotopic (exact) mass is 243 g/mol. The second-order valence-corrected chi connectivity index (χ2v) is 6.35. The van der Waals surface area contributed by atoms with E-state index in [0.29, 0.717) is 6.04 Å². The van der Waals surface area contributed by atoms with Crippen LogP contribution in [-0.2, 0) is 6.42 Å². The Kier molecular flexibility index (Phi) is 3.69. The van der Waals surface area contributed by atoms with Crippen molar-refractivity contribution in [1.82, 2.24) is 5.32 Å². The standard InChI is InChI=1S/C17H25N/c1-18-17(11-13-5-3-2-4-6-13)12-16-10-14-7-8-15(16)9-14/h2-6,14-18H,7-12H2,1H3. The zero-order valence-electron chi connectivity index (χ0n) is 11.4. The molecule has 2 bridgehead atoms. The number of hydrogen-bond donors (Lipinski definition) is 1. The Balaban J connectivity index is 1.56. The van der Waals surface area contributed by atoms with Crippen LogP contribution in [0.1, 0.15) is 37.7 Å². The van der Waals surface area contributed by atoms with E-state index in [2.05, 4.69) is 42.7 Å². The van der Waals surface area contributed by atoms with Crippen molar-refractivity contribution in [3.8, 4) is 0 Å². The minimum Gasteiger partial charge on any atom is -0.317 e. The molecular weight excluding hydrogens is 218 g/mol. The Hall–Kier alpha value is -0.820. The van der Waals surface area contributed by atoms with Gasteiger partial charge in [-0.3, -0.25) is 0 Å². The Bertz CT molecular complexity index is 372. The topological polar surface area (TPSA) is 12.0 Å². The fourth-order valence-electron chi connectivity index (χ4n) is 4.23. The molecule has 0 radical (unpaired) electrons. The number of benzene rings is 1. The van der Waals surface area contributed by atoms with Crippen LogP contribution in [0.15, 0.2) is 30.3 Å². The van der Waals surface area contributed by atoms with Crippen molar-refractivity contribution in [2.45, 2.75) is 44.6 Å². The Labute approximate surface area is 111 Å². The van der Waals surface area contributed by atoms with Crippen LogP contribution in [0.25, 0.3) is 0 Å². The van der Waals surface area contributed by atoms with Gasteiger partial charge in [-0.1, -0.05) is 36.8 Å². The first-order chi connectivity index (χ1) is 8.85. The molecule has 2 saturated carbocycles. The van der Waals surface area contributed by atoms with Gasteiger partial charge in [0, 0.05) is 6.04 Å². The maximum absolute atomic E-state index is 3.54. The molecule has 1 N–H and O–H groups in total. The lowest BCUT2D eigenvalue weighted by Crippen LogP contribution is -2.31. The van der Waals surface area contributed by atoms with Gasteiger partial charge in [-0.25, -0.2) is 0 Å². The molecule has 0 aliphatic heterocycles. The smallest absolute Gasteiger partial charge is 0.0107 e. The maximum atomic E-state index is 3.54. The summed E-state index contributed by atoms with van der Waals surface area (Å²) in [4.78, 5) is 0. The summed E-state index contributed by atoms with van der Waals surface area (Å²) < 4.78 is 0. The first kappa shape index (κ1) is 12.2. The van der Waals surface area contributed by atoms with Gasteiger partial charge in [-0.15, -0.1) is 0 Å². The molecule has 0 aromatic heterocycles. The van der Waals surface area contributed by atoms with Crippen molar-refractivity contribution >= 4 is 0 Å². The van der Waals surface area contributed by atoms with E-state index in [-0.39, 0.29) is 0 Å². The normalized spacial score (nSPS) is 31.7. The molecule has 1 nitrogen and oxygen atoms in total. The fraction of sp³-hybridized carbons (Fsp3) is 0.647. The number of nitrogens with one attached hydrogen (secondary N) is 1. The van der Waals surface area contributed by atoms with E-state index >= 15 is 0 Å². The molecule has 0 heterocycles. The summed E-state index contributed by atoms with van der Waals surface area (Å²) >= 11 is 0. The summed E-state index contributed by atoms with van der Waals surface area (Å²) in [6.07, 6.45) is 8.64. The summed E-state index contributed by atoms with van der Waals surface area (Å²) in [6.45, 7) is 0. The molecule has 1 aromatic rings. The number of likely N-dealkylation sites (N-methyl/N-ethyl adjacent to an activating group) is 1. The van der Waals surface area contributed by atoms with Crippen LogP contribution >= 0.6 is 0 Å². The molecule has 1 aromatic carbocycles. The van der Waals surface area contributed by atoms with Crippen LogP contribution in [0.4, 0.5) is 0 Å². The lowest BCUT2D eigenvalue weighted by atomic mass is 9.83. The lowest BCUT2D eigenvalue weighted by Gasteiger charge is -2.26. The minimum absolute atomic E-state index is 0.664. The maximum Gasteiger partial charge on any atom is 0.0107 e. The Morgan fingerprint density at radius 2 is 2.00 bits per heavy atom. The number of rotatable bonds is 5. The van der Waals surface area contributed by atoms with Crippen LogP contribution < -0.4 is 5.32 Å². The van der Waals surface area contributed by atoms with E-state index in [1.165, 1.54) is 44.1 Å². The second kappa shape index (κ2) is 5.44. The molecule has 2 fully saturated rings. The van der Waals surface area contributed by atoms with Crippen molar-refractivity contribution in [3.63, 3.8) is 0 Å². The summed E-state index contributed by atoms with van der Waals surface area (Å²) in [7, 11) is 2.13. The van der Waals surface area contributed by atoms with E-state index < -0.39 is 0 Å². The van der Waals surface area contributed by atoms with Gasteiger partial charge in [0.25, 0.3) is 0 Å². The predicted octanol–water partition coefficient (Wildman–Crippen LogP) is 3.64. The highest BCUT2D eigenvalue weighted by Gasteiger charge is 2.39. The third-order valence-electron chi connectivity index (χ3n) is 5.20. The van der Waals surface area contributed by atoms with Gasteiger partial charge in [0.1, 0.15) is 0 Å². The third kappa shape index (κ3) is 2.61. The van der Waals surface area contributed by atoms with Crippen molar-refractivity contribution < 1.29 is 0 Å². The summed E-state index contributed by atoms with van der Waals surface area (Å²) in [6, 6.07) is 11.6. The number of fused-ring (bicyclic) bond motifs is 2. The highest BCUT2D eigenvalue weighted by Crippen LogP contribution is 2.49. The average molecular weight is 243 g/mol. The molecule has 3 rings (SSSR count). The van der Waals surface area contributed by atoms with Crippen LogP contribution in [0.2, 0.25) is 0 Å². The van der Waals surface area contributed by atoms with Gasteiger partial charge in [0.15, 0.2) is 0 Å². The van der Waals surface area contributed by atoms with E-state index in [4.69, 9.17) is 0 Å². The molecule has 98 valence electrons. The van der Waals surface area contributed by atoms with E-state index in [9.17, 15) is 0 Å². The minimum atomic E-state index is 0.664. The van der Waals surface area contributed by atoms with E-state index in [1.54, 1.807) is 0 Å². The van der Waals surface area contributed by atoms with Crippen LogP contribution in [0.3, 0.4) is 0 Å². The first-order valence-electron chi connectivity index (χ1n) is 7.56. The Morgan fingerprint density at radius 1 is 1.17 bits per heavy atom. The van der Waals surface area contributed by atoms with Gasteiger partial charge in [0.2, 0.25) is 0 Å². The van der Waals surface area contributed by atoms with Gasteiger partial charge < -0.3 is 5.32 Å². The number of hydrogen-bond acceptors (Lipinski definition) is 1. The van der Waals surface area contributed by atoms with Crippen LogP contribution in [0, 0.1) is 17.8 Å². The highest BCUT2D eigenvalue weighted by molar-refractivity contribution is 5.16. The molecular formula is C17H25N. The molecule has 2 aliphatic carbocycles. The van der Waals surface area contributed by atoms with Gasteiger partial charge in [-0.05, 0) is 62.5 Å². The fourth-order valence-corrected chi connectivity index (χ4v) is 4.23. The molecule has 0 amide bonds. The zero-order chi connectivity index (χ0) is 12.4. The molecule has 4 atom stereocenters. The zero-order valence-corrected chi connectivity index (χ0v) is 11.4. The van der Waals surface area contributed by atoms with Crippen molar-refractivity contribution in [2.24, 2.45) is 17.8 Å². The summed E-state index contributed by atoms with van der Waals surface area (Å²) in [5.74, 6) is 3.14. The molecule has 0 saturated heterocycles. The SMILES string of the molecule is CNC(Cc1ccccc1)CC1CC2CCC1C2. The van der Waals surface area contributed by atoms with Gasteiger partial charge in [0.05, 0.1) is 0 Å². The molecule has 0 spiro atoms. The molecule has 1 heteroatoms. The molecule has 2 aliphatic rings. The van der Waals surface area contributed by atoms with Crippen molar-refractivity contribution in [2.75, 3.05) is 7.05 Å². The lowest BCUT2D eigenvalue weighted by molar-refractivity contribution is 0.281. The quantitative estimate of drug-likeness (QED) is 0.832. The Morgan fingerprint density at radius 3 is 2.61 bits per heavy atom. The second-order valence-electron chi connectivity index (χ2n) is 6.35. The van der Waals surface area contributed by atoms with Crippen LogP contribution in [-0.4, -0.2) is 13.1 Å². The van der Waals surface area contributed by atoms with Gasteiger partial charge in [-0.2, -0.15) is 0 Å². The summed E-state index contributed by atoms with van der Waals surface area (Å²) in [5.41, 5.74) is 1.47. The summed E-state index contributed by atoms with van der Waals surface area (Å²) in [5, 5.41) is 3.54. The molecule has 4 unspecified atom stereocenters. The predicted molar refractivity (Wildman–Crippen MR) is 76.5 cm³/mol. The highest BCUT2D eigenvalue weighted by atomic mass is 14.9. The third-order valence-corrected chi connectivity index (χ3v) is 5.20. The first-order valence-corrected chi connectivity index (χ1v) is 7.56. The average Bonchev–Trinajstić information content (AvgIpc) is 3.01. The van der Waals surface area contributed by atoms with Crippen molar-refractivity contribution in [3.05, 3.63) is 35.9 Å². The van der Waals surface area contributed by atoms with Gasteiger partial charge >= 0.3 is 0 Å². The van der Waals surface area contributed by atoms with E-state index in [1.807, 2.05) is 0 Å². The largest absolute Gasteiger partial charge is 0.317 e. The van der Waals surface area contributed by atoms with Crippen molar-refractivity contribution in [1.29, 1.82) is 0 Å². The molecule has 18 heavy (non-hydrogen) atoms.